The van der Waals surface area contributed by atoms with Gasteiger partial charge in [0, 0.05) is 0 Å². The lowest BCUT2D eigenvalue weighted by Gasteiger charge is -2.33. The summed E-state index contributed by atoms with van der Waals surface area (Å²) in [4.78, 5) is 0. The van der Waals surface area contributed by atoms with E-state index in [9.17, 15) is 0 Å². The quantitative estimate of drug-likeness (QED) is 0.629. The van der Waals surface area contributed by atoms with Crippen molar-refractivity contribution in [2.45, 2.75) is 85.2 Å². The van der Waals surface area contributed by atoms with Crippen LogP contribution in [0.5, 0.6) is 5.75 Å². The number of benzene rings is 1. The van der Waals surface area contributed by atoms with Gasteiger partial charge in [-0.15, -0.1) is 0 Å². The molecule has 1 aliphatic rings. The average molecular weight is 303 g/mol. The zero-order valence-corrected chi connectivity index (χ0v) is 15.4. The van der Waals surface area contributed by atoms with Crippen molar-refractivity contribution in [1.29, 1.82) is 0 Å². The fourth-order valence-electron chi connectivity index (χ4n) is 3.95. The highest BCUT2D eigenvalue weighted by Gasteiger charge is 2.27. The summed E-state index contributed by atoms with van der Waals surface area (Å²) in [5.74, 6) is 1.91. The topological polar surface area (TPSA) is 9.23 Å². The first-order valence-electron chi connectivity index (χ1n) is 8.93. The van der Waals surface area contributed by atoms with Crippen LogP contribution in [0, 0.1) is 11.3 Å². The molecular formula is C21H34O. The lowest BCUT2D eigenvalue weighted by molar-refractivity contribution is 0.135. The third-order valence-electron chi connectivity index (χ3n) is 4.87. The van der Waals surface area contributed by atoms with Crippen LogP contribution in [0.3, 0.4) is 0 Å². The Balaban J connectivity index is 1.98. The molecule has 0 radical (unpaired) electrons. The van der Waals surface area contributed by atoms with Gasteiger partial charge in [0.1, 0.15) is 5.75 Å². The zero-order valence-electron chi connectivity index (χ0n) is 15.4. The Morgan fingerprint density at radius 2 is 1.45 bits per heavy atom. The van der Waals surface area contributed by atoms with Gasteiger partial charge in [-0.25, -0.2) is 0 Å². The monoisotopic (exact) mass is 302 g/mol. The van der Waals surface area contributed by atoms with Crippen molar-refractivity contribution in [3.05, 3.63) is 29.8 Å². The van der Waals surface area contributed by atoms with Gasteiger partial charge in [0.05, 0.1) is 6.10 Å². The highest BCUT2D eigenvalue weighted by molar-refractivity contribution is 5.32. The zero-order chi connectivity index (χ0) is 16.4. The summed E-state index contributed by atoms with van der Waals surface area (Å²) in [5.41, 5.74) is 1.96. The third kappa shape index (κ3) is 5.04. The number of ether oxygens (including phenoxy) is 1. The molecule has 0 atom stereocenters. The Morgan fingerprint density at radius 1 is 0.909 bits per heavy atom. The molecule has 0 N–H and O–H groups in total. The lowest BCUT2D eigenvalue weighted by atomic mass is 9.72. The molecule has 0 amide bonds. The highest BCUT2D eigenvalue weighted by Crippen LogP contribution is 2.37. The van der Waals surface area contributed by atoms with Crippen molar-refractivity contribution in [3.8, 4) is 5.75 Å². The molecule has 0 aliphatic heterocycles. The van der Waals surface area contributed by atoms with Crippen molar-refractivity contribution >= 4 is 0 Å². The van der Waals surface area contributed by atoms with Gasteiger partial charge in [-0.05, 0) is 66.5 Å². The van der Waals surface area contributed by atoms with E-state index < -0.39 is 0 Å². The summed E-state index contributed by atoms with van der Waals surface area (Å²) < 4.78 is 6.17. The Morgan fingerprint density at radius 3 is 1.95 bits per heavy atom. The van der Waals surface area contributed by atoms with Gasteiger partial charge in [0.25, 0.3) is 0 Å². The Kier molecular flexibility index (Phi) is 5.25. The van der Waals surface area contributed by atoms with Crippen molar-refractivity contribution < 1.29 is 4.74 Å². The van der Waals surface area contributed by atoms with Crippen LogP contribution in [0.25, 0.3) is 0 Å². The maximum Gasteiger partial charge on any atom is 0.119 e. The molecule has 1 aliphatic carbocycles. The van der Waals surface area contributed by atoms with Crippen LogP contribution in [-0.2, 0) is 5.41 Å². The molecule has 124 valence electrons. The predicted octanol–water partition coefficient (Wildman–Crippen LogP) is 6.36. The molecule has 1 fully saturated rings. The second kappa shape index (κ2) is 6.64. The minimum absolute atomic E-state index is 0.205. The summed E-state index contributed by atoms with van der Waals surface area (Å²) >= 11 is 0. The smallest absolute Gasteiger partial charge is 0.119 e. The van der Waals surface area contributed by atoms with Crippen LogP contribution in [0.15, 0.2) is 24.3 Å². The van der Waals surface area contributed by atoms with Gasteiger partial charge in [-0.1, -0.05) is 53.7 Å². The fraction of sp³-hybridized carbons (Fsp3) is 0.714. The van der Waals surface area contributed by atoms with E-state index in [-0.39, 0.29) is 5.41 Å². The van der Waals surface area contributed by atoms with Gasteiger partial charge < -0.3 is 4.74 Å². The molecule has 0 spiro atoms. The van der Waals surface area contributed by atoms with Crippen LogP contribution in [-0.4, -0.2) is 6.10 Å². The molecule has 22 heavy (non-hydrogen) atoms. The van der Waals surface area contributed by atoms with Crippen molar-refractivity contribution in [3.63, 3.8) is 0 Å². The van der Waals surface area contributed by atoms with Crippen LogP contribution < -0.4 is 4.74 Å². The van der Waals surface area contributed by atoms with Crippen molar-refractivity contribution in [2.24, 2.45) is 11.3 Å². The van der Waals surface area contributed by atoms with E-state index in [0.717, 1.165) is 11.7 Å². The first-order valence-corrected chi connectivity index (χ1v) is 8.93. The lowest BCUT2D eigenvalue weighted by Crippen LogP contribution is -2.25. The van der Waals surface area contributed by atoms with Crippen LogP contribution in [0.4, 0.5) is 0 Å². The second-order valence-corrected chi connectivity index (χ2v) is 9.15. The van der Waals surface area contributed by atoms with Crippen LogP contribution >= 0.6 is 0 Å². The number of rotatable bonds is 4. The molecule has 1 heteroatoms. The van der Waals surface area contributed by atoms with Gasteiger partial charge in [0.2, 0.25) is 0 Å². The van der Waals surface area contributed by atoms with Gasteiger partial charge in [-0.3, -0.25) is 0 Å². The van der Waals surface area contributed by atoms with E-state index in [4.69, 9.17) is 4.74 Å². The minimum Gasteiger partial charge on any atom is -0.490 e. The molecule has 1 aromatic rings. The molecule has 0 saturated heterocycles. The van der Waals surface area contributed by atoms with E-state index in [1.165, 1.54) is 37.7 Å². The molecular weight excluding hydrogens is 268 g/mol. The van der Waals surface area contributed by atoms with E-state index in [2.05, 4.69) is 65.8 Å². The Bertz CT molecular complexity index is 456. The normalized spacial score (nSPS) is 23.4. The first-order chi connectivity index (χ1) is 10.2. The Labute approximate surface area is 137 Å². The van der Waals surface area contributed by atoms with E-state index in [0.29, 0.717) is 11.5 Å². The number of hydrogen-bond donors (Lipinski definition) is 0. The SMILES string of the molecule is CC1CCC(Oc2ccc(C(C)(C)CC(C)(C)C)cc2)CC1. The maximum absolute atomic E-state index is 6.17. The van der Waals surface area contributed by atoms with E-state index in [1.54, 1.807) is 0 Å². The summed E-state index contributed by atoms with van der Waals surface area (Å²) in [6.45, 7) is 14.0. The summed E-state index contributed by atoms with van der Waals surface area (Å²) in [5, 5.41) is 0. The molecule has 1 aromatic carbocycles. The molecule has 0 unspecified atom stereocenters. The predicted molar refractivity (Wildman–Crippen MR) is 95.6 cm³/mol. The average Bonchev–Trinajstić information content (AvgIpc) is 2.39. The Hall–Kier alpha value is -0.980. The molecule has 2 rings (SSSR count). The second-order valence-electron chi connectivity index (χ2n) is 9.15. The highest BCUT2D eigenvalue weighted by atomic mass is 16.5. The number of hydrogen-bond acceptors (Lipinski definition) is 1. The summed E-state index contributed by atoms with van der Waals surface area (Å²) in [6.07, 6.45) is 6.63. The third-order valence-corrected chi connectivity index (χ3v) is 4.87. The molecule has 1 nitrogen and oxygen atoms in total. The minimum atomic E-state index is 0.205. The molecule has 1 saturated carbocycles. The largest absolute Gasteiger partial charge is 0.490 e. The fourth-order valence-corrected chi connectivity index (χ4v) is 3.95. The van der Waals surface area contributed by atoms with Gasteiger partial charge >= 0.3 is 0 Å². The van der Waals surface area contributed by atoms with Crippen LogP contribution in [0.2, 0.25) is 0 Å². The van der Waals surface area contributed by atoms with E-state index >= 15 is 0 Å². The van der Waals surface area contributed by atoms with Crippen LogP contribution in [0.1, 0.15) is 79.2 Å². The van der Waals surface area contributed by atoms with Crippen molar-refractivity contribution in [2.75, 3.05) is 0 Å². The molecule has 0 bridgehead atoms. The maximum atomic E-state index is 6.17. The van der Waals surface area contributed by atoms with Gasteiger partial charge in [-0.2, -0.15) is 0 Å². The summed E-state index contributed by atoms with van der Waals surface area (Å²) in [6, 6.07) is 8.84. The summed E-state index contributed by atoms with van der Waals surface area (Å²) in [7, 11) is 0. The van der Waals surface area contributed by atoms with E-state index in [1.807, 2.05) is 0 Å². The molecule has 0 aromatic heterocycles. The first kappa shape index (κ1) is 17.4. The van der Waals surface area contributed by atoms with Gasteiger partial charge in [0.15, 0.2) is 0 Å². The van der Waals surface area contributed by atoms with Crippen molar-refractivity contribution in [1.82, 2.24) is 0 Å². The molecule has 0 heterocycles. The standard InChI is InChI=1S/C21H34O/c1-16-7-11-18(12-8-16)22-19-13-9-17(10-14-19)21(5,6)15-20(2,3)4/h9-10,13-14,16,18H,7-8,11-12,15H2,1-6H3.